The first-order valence-corrected chi connectivity index (χ1v) is 10.9. The standard InChI is InChI=1S/C26H23N3O4/c1-17(30)27-20-11-9-19(10-12-20)23-24(28-13-15-33-16-14-28)26(32)29(25(23)31)22-8-4-6-18-5-2-3-7-21(18)22/h2-12H,13-16H2,1H3,(H,27,30). The number of hydrogen-bond donors (Lipinski definition) is 1. The summed E-state index contributed by atoms with van der Waals surface area (Å²) in [5.74, 6) is -0.866. The van der Waals surface area contributed by atoms with Gasteiger partial charge in [-0.1, -0.05) is 48.5 Å². The minimum absolute atomic E-state index is 0.176. The number of carbonyl (C=O) groups excluding carboxylic acids is 3. The van der Waals surface area contributed by atoms with Crippen molar-refractivity contribution in [3.8, 4) is 0 Å². The number of carbonyl (C=O) groups is 3. The van der Waals surface area contributed by atoms with Gasteiger partial charge in [0, 0.05) is 31.1 Å². The van der Waals surface area contributed by atoms with E-state index in [1.54, 1.807) is 30.3 Å². The molecule has 166 valence electrons. The number of amides is 3. The SMILES string of the molecule is CC(=O)Nc1ccc(C2=C(N3CCOCC3)C(=O)N(c3cccc4ccccc34)C2=O)cc1. The summed E-state index contributed by atoms with van der Waals surface area (Å²) in [5, 5.41) is 4.52. The second-order valence-electron chi connectivity index (χ2n) is 8.03. The molecule has 0 unspecified atom stereocenters. The Morgan fingerprint density at radius 3 is 2.30 bits per heavy atom. The zero-order valence-corrected chi connectivity index (χ0v) is 18.2. The van der Waals surface area contributed by atoms with Gasteiger partial charge in [0.05, 0.1) is 24.5 Å². The van der Waals surface area contributed by atoms with Crippen LogP contribution in [0.4, 0.5) is 11.4 Å². The minimum Gasteiger partial charge on any atom is -0.378 e. The van der Waals surface area contributed by atoms with Gasteiger partial charge in [0.2, 0.25) is 5.91 Å². The first-order chi connectivity index (χ1) is 16.0. The van der Waals surface area contributed by atoms with E-state index in [9.17, 15) is 14.4 Å². The Morgan fingerprint density at radius 2 is 1.58 bits per heavy atom. The summed E-state index contributed by atoms with van der Waals surface area (Å²) in [4.78, 5) is 42.1. The molecule has 3 amide bonds. The number of anilines is 2. The van der Waals surface area contributed by atoms with E-state index in [0.29, 0.717) is 54.5 Å². The maximum atomic E-state index is 13.8. The van der Waals surface area contributed by atoms with Crippen LogP contribution in [0.25, 0.3) is 16.3 Å². The topological polar surface area (TPSA) is 79.0 Å². The highest BCUT2D eigenvalue weighted by Crippen LogP contribution is 2.38. The molecule has 33 heavy (non-hydrogen) atoms. The molecule has 0 bridgehead atoms. The van der Waals surface area contributed by atoms with Gasteiger partial charge in [-0.25, -0.2) is 4.90 Å². The third-order valence-corrected chi connectivity index (χ3v) is 5.89. The van der Waals surface area contributed by atoms with E-state index in [0.717, 1.165) is 10.8 Å². The van der Waals surface area contributed by atoms with Crippen LogP contribution in [0.5, 0.6) is 0 Å². The predicted octanol–water partition coefficient (Wildman–Crippen LogP) is 3.41. The maximum absolute atomic E-state index is 13.8. The van der Waals surface area contributed by atoms with Crippen LogP contribution in [0.2, 0.25) is 0 Å². The van der Waals surface area contributed by atoms with Crippen molar-refractivity contribution in [1.82, 2.24) is 4.90 Å². The molecule has 2 heterocycles. The summed E-state index contributed by atoms with van der Waals surface area (Å²) in [7, 11) is 0. The molecule has 3 aromatic carbocycles. The number of nitrogens with zero attached hydrogens (tertiary/aromatic N) is 2. The number of fused-ring (bicyclic) bond motifs is 1. The zero-order valence-electron chi connectivity index (χ0n) is 18.2. The first kappa shape index (κ1) is 20.9. The minimum atomic E-state index is -0.356. The van der Waals surface area contributed by atoms with E-state index in [2.05, 4.69) is 5.32 Å². The zero-order chi connectivity index (χ0) is 22.9. The average molecular weight is 441 g/mol. The molecule has 7 nitrogen and oxygen atoms in total. The molecule has 3 aromatic rings. The fraction of sp³-hybridized carbons (Fsp3) is 0.192. The Hall–Kier alpha value is -3.97. The van der Waals surface area contributed by atoms with Crippen LogP contribution < -0.4 is 10.2 Å². The van der Waals surface area contributed by atoms with Crippen LogP contribution in [-0.4, -0.2) is 48.9 Å². The average Bonchev–Trinajstić information content (AvgIpc) is 3.09. The molecule has 0 saturated carbocycles. The molecule has 2 aliphatic heterocycles. The van der Waals surface area contributed by atoms with E-state index in [4.69, 9.17) is 4.74 Å². The van der Waals surface area contributed by atoms with E-state index in [1.165, 1.54) is 11.8 Å². The normalized spacial score (nSPS) is 16.6. The number of imide groups is 1. The molecule has 1 fully saturated rings. The second-order valence-corrected chi connectivity index (χ2v) is 8.03. The fourth-order valence-electron chi connectivity index (χ4n) is 4.40. The molecule has 0 aromatic heterocycles. The molecular weight excluding hydrogens is 418 g/mol. The summed E-state index contributed by atoms with van der Waals surface area (Å²) in [6.07, 6.45) is 0. The lowest BCUT2D eigenvalue weighted by atomic mass is 10.0. The molecular formula is C26H23N3O4. The van der Waals surface area contributed by atoms with Crippen LogP contribution >= 0.6 is 0 Å². The number of benzene rings is 3. The van der Waals surface area contributed by atoms with Crippen molar-refractivity contribution >= 4 is 45.4 Å². The quantitative estimate of drug-likeness (QED) is 0.628. The summed E-state index contributed by atoms with van der Waals surface area (Å²) < 4.78 is 5.47. The molecule has 0 radical (unpaired) electrons. The van der Waals surface area contributed by atoms with Crippen LogP contribution in [0.15, 0.2) is 72.4 Å². The number of rotatable bonds is 4. The number of nitrogens with one attached hydrogen (secondary N) is 1. The predicted molar refractivity (Wildman–Crippen MR) is 126 cm³/mol. The van der Waals surface area contributed by atoms with Gasteiger partial charge in [0.1, 0.15) is 5.70 Å². The van der Waals surface area contributed by atoms with Gasteiger partial charge in [-0.15, -0.1) is 0 Å². The third-order valence-electron chi connectivity index (χ3n) is 5.89. The Labute approximate surface area is 191 Å². The van der Waals surface area contributed by atoms with Gasteiger partial charge in [0.25, 0.3) is 11.8 Å². The van der Waals surface area contributed by atoms with E-state index in [1.807, 2.05) is 41.3 Å². The monoisotopic (exact) mass is 441 g/mol. The summed E-state index contributed by atoms with van der Waals surface area (Å²) in [5.41, 5.74) is 2.58. The maximum Gasteiger partial charge on any atom is 0.282 e. The molecule has 0 atom stereocenters. The van der Waals surface area contributed by atoms with Gasteiger partial charge in [-0.2, -0.15) is 0 Å². The van der Waals surface area contributed by atoms with Crippen molar-refractivity contribution in [3.05, 3.63) is 78.0 Å². The molecule has 5 rings (SSSR count). The van der Waals surface area contributed by atoms with E-state index < -0.39 is 0 Å². The lowest BCUT2D eigenvalue weighted by Crippen LogP contribution is -2.40. The number of morpholine rings is 1. The Bertz CT molecular complexity index is 1290. The first-order valence-electron chi connectivity index (χ1n) is 10.9. The number of ether oxygens (including phenoxy) is 1. The Kier molecular flexibility index (Phi) is 5.40. The van der Waals surface area contributed by atoms with E-state index in [-0.39, 0.29) is 17.7 Å². The molecule has 2 aliphatic rings. The van der Waals surface area contributed by atoms with Crippen molar-refractivity contribution in [2.75, 3.05) is 36.5 Å². The molecule has 0 aliphatic carbocycles. The van der Waals surface area contributed by atoms with E-state index >= 15 is 0 Å². The lowest BCUT2D eigenvalue weighted by molar-refractivity contribution is -0.121. The second kappa shape index (κ2) is 8.52. The van der Waals surface area contributed by atoms with Gasteiger partial charge in [-0.05, 0) is 29.1 Å². The van der Waals surface area contributed by atoms with Gasteiger partial charge < -0.3 is 15.0 Å². The summed E-state index contributed by atoms with van der Waals surface area (Å²) >= 11 is 0. The Balaban J connectivity index is 1.62. The van der Waals surface area contributed by atoms with Crippen molar-refractivity contribution in [1.29, 1.82) is 0 Å². The third kappa shape index (κ3) is 3.76. The van der Waals surface area contributed by atoms with Crippen molar-refractivity contribution < 1.29 is 19.1 Å². The summed E-state index contributed by atoms with van der Waals surface area (Å²) in [6, 6.07) is 20.3. The van der Waals surface area contributed by atoms with Crippen LogP contribution in [0.3, 0.4) is 0 Å². The fourth-order valence-corrected chi connectivity index (χ4v) is 4.40. The molecule has 7 heteroatoms. The van der Waals surface area contributed by atoms with Crippen molar-refractivity contribution in [2.24, 2.45) is 0 Å². The van der Waals surface area contributed by atoms with Crippen molar-refractivity contribution in [3.63, 3.8) is 0 Å². The highest BCUT2D eigenvalue weighted by atomic mass is 16.5. The lowest BCUT2D eigenvalue weighted by Gasteiger charge is -2.29. The van der Waals surface area contributed by atoms with Gasteiger partial charge >= 0.3 is 0 Å². The van der Waals surface area contributed by atoms with Crippen molar-refractivity contribution in [2.45, 2.75) is 6.92 Å². The van der Waals surface area contributed by atoms with Crippen LogP contribution in [0, 0.1) is 0 Å². The van der Waals surface area contributed by atoms with Gasteiger partial charge in [-0.3, -0.25) is 14.4 Å². The number of hydrogen-bond acceptors (Lipinski definition) is 5. The molecule has 1 saturated heterocycles. The van der Waals surface area contributed by atoms with Crippen LogP contribution in [0.1, 0.15) is 12.5 Å². The smallest absolute Gasteiger partial charge is 0.282 e. The highest BCUT2D eigenvalue weighted by molar-refractivity contribution is 6.46. The molecule has 0 spiro atoms. The highest BCUT2D eigenvalue weighted by Gasteiger charge is 2.43. The molecule has 1 N–H and O–H groups in total. The van der Waals surface area contributed by atoms with Crippen LogP contribution in [-0.2, 0) is 19.1 Å². The van der Waals surface area contributed by atoms with Gasteiger partial charge in [0.15, 0.2) is 0 Å². The largest absolute Gasteiger partial charge is 0.378 e. The Morgan fingerprint density at radius 1 is 0.879 bits per heavy atom. The summed E-state index contributed by atoms with van der Waals surface area (Å²) in [6.45, 7) is 3.49.